The lowest BCUT2D eigenvalue weighted by Gasteiger charge is -2.33. The van der Waals surface area contributed by atoms with E-state index < -0.39 is 0 Å². The number of likely N-dealkylation sites (tertiary alicyclic amines) is 1. The van der Waals surface area contributed by atoms with Crippen molar-refractivity contribution in [2.75, 3.05) is 53.0 Å². The summed E-state index contributed by atoms with van der Waals surface area (Å²) in [6.45, 7) is 8.41. The average Bonchev–Trinajstić information content (AvgIpc) is 3.37. The minimum absolute atomic E-state index is 0.223. The number of nitrogens with zero attached hydrogens (tertiary/aromatic N) is 3. The van der Waals surface area contributed by atoms with Crippen molar-refractivity contribution in [3.8, 4) is 0 Å². The summed E-state index contributed by atoms with van der Waals surface area (Å²) >= 11 is 0. The van der Waals surface area contributed by atoms with Gasteiger partial charge < -0.3 is 19.8 Å². The van der Waals surface area contributed by atoms with Gasteiger partial charge in [-0.1, -0.05) is 30.7 Å². The van der Waals surface area contributed by atoms with Gasteiger partial charge >= 0.3 is 0 Å². The van der Waals surface area contributed by atoms with E-state index in [1.807, 2.05) is 13.1 Å². The molecule has 2 aliphatic heterocycles. The normalized spacial score (nSPS) is 19.6. The van der Waals surface area contributed by atoms with Gasteiger partial charge in [-0.25, -0.2) is 0 Å². The van der Waals surface area contributed by atoms with Gasteiger partial charge in [0.1, 0.15) is 5.76 Å². The number of aliphatic imine (C=N–C) groups is 1. The van der Waals surface area contributed by atoms with Gasteiger partial charge in [0.15, 0.2) is 5.96 Å². The van der Waals surface area contributed by atoms with E-state index in [1.54, 1.807) is 6.26 Å². The maximum Gasteiger partial charge on any atom is 0.191 e. The van der Waals surface area contributed by atoms with Crippen LogP contribution >= 0.6 is 0 Å². The van der Waals surface area contributed by atoms with Gasteiger partial charge in [-0.2, -0.15) is 0 Å². The number of hydrogen-bond donors (Lipinski definition) is 2. The van der Waals surface area contributed by atoms with Crippen LogP contribution in [0.4, 0.5) is 0 Å². The van der Waals surface area contributed by atoms with Crippen LogP contribution in [0.15, 0.2) is 52.1 Å². The van der Waals surface area contributed by atoms with E-state index >= 15 is 0 Å². The molecule has 2 fully saturated rings. The maximum absolute atomic E-state index is 5.77. The molecule has 1 aromatic carbocycles. The lowest BCUT2D eigenvalue weighted by Crippen LogP contribution is -2.44. The molecule has 7 nitrogen and oxygen atoms in total. The summed E-state index contributed by atoms with van der Waals surface area (Å²) in [5.41, 5.74) is 2.61. The van der Waals surface area contributed by atoms with Crippen molar-refractivity contribution in [1.82, 2.24) is 20.4 Å². The summed E-state index contributed by atoms with van der Waals surface area (Å²) < 4.78 is 11.2. The number of morpholine rings is 1. The summed E-state index contributed by atoms with van der Waals surface area (Å²) in [4.78, 5) is 9.42. The Morgan fingerprint density at radius 1 is 1.00 bits per heavy atom. The molecule has 4 rings (SSSR count). The Labute approximate surface area is 191 Å². The van der Waals surface area contributed by atoms with Crippen LogP contribution in [-0.2, 0) is 17.8 Å². The molecule has 1 unspecified atom stereocenters. The van der Waals surface area contributed by atoms with E-state index in [0.29, 0.717) is 0 Å². The van der Waals surface area contributed by atoms with Crippen LogP contribution in [0.2, 0.25) is 0 Å². The number of nitrogens with one attached hydrogen (secondary N) is 2. The highest BCUT2D eigenvalue weighted by Gasteiger charge is 2.24. The fourth-order valence-corrected chi connectivity index (χ4v) is 4.58. The molecule has 7 heteroatoms. The van der Waals surface area contributed by atoms with Gasteiger partial charge in [-0.15, -0.1) is 0 Å². The Morgan fingerprint density at radius 3 is 2.56 bits per heavy atom. The van der Waals surface area contributed by atoms with E-state index in [0.717, 1.165) is 70.7 Å². The highest BCUT2D eigenvalue weighted by atomic mass is 16.5. The first-order valence-corrected chi connectivity index (χ1v) is 11.9. The van der Waals surface area contributed by atoms with E-state index in [4.69, 9.17) is 9.15 Å². The fourth-order valence-electron chi connectivity index (χ4n) is 4.58. The molecule has 3 heterocycles. The quantitative estimate of drug-likeness (QED) is 0.487. The predicted octanol–water partition coefficient (Wildman–Crippen LogP) is 3.00. The molecule has 174 valence electrons. The summed E-state index contributed by atoms with van der Waals surface area (Å²) in [5.74, 6) is 1.84. The molecule has 2 aliphatic rings. The van der Waals surface area contributed by atoms with Crippen molar-refractivity contribution < 1.29 is 9.15 Å². The second kappa shape index (κ2) is 12.0. The molecule has 32 heavy (non-hydrogen) atoms. The molecule has 1 atom stereocenters. The Morgan fingerprint density at radius 2 is 1.81 bits per heavy atom. The average molecular weight is 440 g/mol. The molecule has 0 bridgehead atoms. The Kier molecular flexibility index (Phi) is 8.59. The monoisotopic (exact) mass is 439 g/mol. The number of rotatable bonds is 8. The van der Waals surface area contributed by atoms with Gasteiger partial charge in [-0.3, -0.25) is 14.8 Å². The number of furan rings is 1. The molecule has 2 aromatic rings. The molecule has 0 aliphatic carbocycles. The summed E-state index contributed by atoms with van der Waals surface area (Å²) in [7, 11) is 1.83. The molecule has 2 saturated heterocycles. The third-order valence-electron chi connectivity index (χ3n) is 6.35. The smallest absolute Gasteiger partial charge is 0.191 e. The number of ether oxygens (including phenoxy) is 1. The van der Waals surface area contributed by atoms with Crippen LogP contribution in [0.5, 0.6) is 0 Å². The van der Waals surface area contributed by atoms with Gasteiger partial charge in [-0.05, 0) is 49.2 Å². The first-order chi connectivity index (χ1) is 15.8. The minimum Gasteiger partial charge on any atom is -0.468 e. The van der Waals surface area contributed by atoms with Crippen LogP contribution in [-0.4, -0.2) is 68.7 Å². The van der Waals surface area contributed by atoms with Crippen molar-refractivity contribution in [3.63, 3.8) is 0 Å². The van der Waals surface area contributed by atoms with E-state index in [-0.39, 0.29) is 6.04 Å². The highest BCUT2D eigenvalue weighted by molar-refractivity contribution is 5.79. The number of benzene rings is 1. The molecule has 0 saturated carbocycles. The van der Waals surface area contributed by atoms with E-state index in [2.05, 4.69) is 55.8 Å². The molecule has 0 amide bonds. The standard InChI is InChI=1S/C25H37N5O2/c1-26-25(28-19-23(24-9-6-14-32-24)30-10-3-2-4-11-30)27-18-21-7-5-8-22(17-21)20-29-12-15-31-16-13-29/h5-9,14,17,23H,2-4,10-13,15-16,18-20H2,1H3,(H2,26,27,28). The second-order valence-corrected chi connectivity index (χ2v) is 8.64. The van der Waals surface area contributed by atoms with Crippen molar-refractivity contribution in [3.05, 3.63) is 59.5 Å². The highest BCUT2D eigenvalue weighted by Crippen LogP contribution is 2.24. The topological polar surface area (TPSA) is 65.3 Å². The minimum atomic E-state index is 0.223. The zero-order chi connectivity index (χ0) is 22.0. The number of piperidine rings is 1. The zero-order valence-corrected chi connectivity index (χ0v) is 19.3. The maximum atomic E-state index is 5.77. The number of hydrogen-bond acceptors (Lipinski definition) is 5. The van der Waals surface area contributed by atoms with Crippen molar-refractivity contribution >= 4 is 5.96 Å². The van der Waals surface area contributed by atoms with Gasteiger partial charge in [0.2, 0.25) is 0 Å². The third kappa shape index (κ3) is 6.58. The van der Waals surface area contributed by atoms with Crippen LogP contribution in [0, 0.1) is 0 Å². The molecular formula is C25H37N5O2. The van der Waals surface area contributed by atoms with Crippen LogP contribution in [0.25, 0.3) is 0 Å². The second-order valence-electron chi connectivity index (χ2n) is 8.64. The van der Waals surface area contributed by atoms with E-state index in [9.17, 15) is 0 Å². The SMILES string of the molecule is CN=C(NCc1cccc(CN2CCOCC2)c1)NCC(c1ccco1)N1CCCCC1. The van der Waals surface area contributed by atoms with Crippen LogP contribution < -0.4 is 10.6 Å². The Hall–Kier alpha value is -2.35. The Balaban J connectivity index is 1.30. The number of guanidine groups is 1. The predicted molar refractivity (Wildman–Crippen MR) is 128 cm³/mol. The zero-order valence-electron chi connectivity index (χ0n) is 19.3. The summed E-state index contributed by atoms with van der Waals surface area (Å²) in [6.07, 6.45) is 5.60. The fraction of sp³-hybridized carbons (Fsp3) is 0.560. The van der Waals surface area contributed by atoms with Gasteiger partial charge in [0.25, 0.3) is 0 Å². The lowest BCUT2D eigenvalue weighted by molar-refractivity contribution is 0.0342. The summed E-state index contributed by atoms with van der Waals surface area (Å²) in [6, 6.07) is 13.1. The molecule has 2 N–H and O–H groups in total. The molecular weight excluding hydrogens is 402 g/mol. The molecule has 0 spiro atoms. The third-order valence-corrected chi connectivity index (χ3v) is 6.35. The Bertz CT molecular complexity index is 827. The van der Waals surface area contributed by atoms with Crippen LogP contribution in [0.3, 0.4) is 0 Å². The van der Waals surface area contributed by atoms with Gasteiger partial charge in [0.05, 0.1) is 25.5 Å². The van der Waals surface area contributed by atoms with E-state index in [1.165, 1.54) is 30.4 Å². The van der Waals surface area contributed by atoms with Crippen LogP contribution in [0.1, 0.15) is 42.2 Å². The first kappa shape index (κ1) is 22.8. The van der Waals surface area contributed by atoms with Gasteiger partial charge in [0, 0.05) is 39.8 Å². The molecule has 1 aromatic heterocycles. The summed E-state index contributed by atoms with van der Waals surface area (Å²) in [5, 5.41) is 7.00. The first-order valence-electron chi connectivity index (χ1n) is 11.9. The largest absolute Gasteiger partial charge is 0.468 e. The molecule has 0 radical (unpaired) electrons. The van der Waals surface area contributed by atoms with Crippen molar-refractivity contribution in [2.24, 2.45) is 4.99 Å². The van der Waals surface area contributed by atoms with Crippen molar-refractivity contribution in [2.45, 2.75) is 38.4 Å². The van der Waals surface area contributed by atoms with Crippen molar-refractivity contribution in [1.29, 1.82) is 0 Å². The lowest BCUT2D eigenvalue weighted by atomic mass is 10.1.